The van der Waals surface area contributed by atoms with Crippen LogP contribution in [0.4, 0.5) is 5.69 Å². The molecule has 3 heteroatoms. The molecule has 18 heavy (non-hydrogen) atoms. The summed E-state index contributed by atoms with van der Waals surface area (Å²) in [5.41, 5.74) is 4.82. The van der Waals surface area contributed by atoms with Gasteiger partial charge in [0.2, 0.25) is 0 Å². The summed E-state index contributed by atoms with van der Waals surface area (Å²) in [7, 11) is 2.16. The fraction of sp³-hybridized carbons (Fsp3) is 0.267. The molecular weight excluding hydrogens is 222 g/mol. The maximum absolute atomic E-state index is 4.41. The minimum absolute atomic E-state index is 0.989. The van der Waals surface area contributed by atoms with Gasteiger partial charge in [-0.2, -0.15) is 0 Å². The molecule has 0 fully saturated rings. The zero-order chi connectivity index (χ0) is 12.4. The van der Waals surface area contributed by atoms with Gasteiger partial charge in [0.1, 0.15) is 0 Å². The largest absolute Gasteiger partial charge is 0.383 e. The first-order valence-corrected chi connectivity index (χ1v) is 6.30. The van der Waals surface area contributed by atoms with Crippen LogP contribution in [0.2, 0.25) is 0 Å². The van der Waals surface area contributed by atoms with Crippen molar-refractivity contribution in [3.05, 3.63) is 48.2 Å². The number of aromatic nitrogens is 1. The van der Waals surface area contributed by atoms with Crippen LogP contribution < -0.4 is 5.32 Å². The van der Waals surface area contributed by atoms with Crippen LogP contribution >= 0.6 is 0 Å². The van der Waals surface area contributed by atoms with Crippen LogP contribution in [0.15, 0.2) is 42.6 Å². The lowest BCUT2D eigenvalue weighted by Crippen LogP contribution is -2.20. The van der Waals surface area contributed by atoms with Crippen LogP contribution in [0.3, 0.4) is 0 Å². The summed E-state index contributed by atoms with van der Waals surface area (Å²) in [4.78, 5) is 6.74. The molecule has 2 heterocycles. The number of rotatable bonds is 1. The topological polar surface area (TPSA) is 28.2 Å². The van der Waals surface area contributed by atoms with Crippen molar-refractivity contribution in [1.29, 1.82) is 0 Å². The molecule has 1 N–H and O–H groups in total. The molecule has 0 atom stereocenters. The highest BCUT2D eigenvalue weighted by Gasteiger charge is 2.11. The van der Waals surface area contributed by atoms with E-state index >= 15 is 0 Å². The zero-order valence-electron chi connectivity index (χ0n) is 10.6. The monoisotopic (exact) mass is 239 g/mol. The molecule has 3 rings (SSSR count). The number of likely N-dealkylation sites (N-methyl/N-ethyl adjacent to an activating group) is 1. The Morgan fingerprint density at radius 3 is 3.00 bits per heavy atom. The molecule has 0 aliphatic carbocycles. The van der Waals surface area contributed by atoms with E-state index in [2.05, 4.69) is 46.5 Å². The summed E-state index contributed by atoms with van der Waals surface area (Å²) in [6.07, 6.45) is 1.84. The van der Waals surface area contributed by atoms with E-state index in [0.717, 1.165) is 25.3 Å². The molecule has 3 nitrogen and oxygen atoms in total. The van der Waals surface area contributed by atoms with Crippen LogP contribution in [0.5, 0.6) is 0 Å². The zero-order valence-corrected chi connectivity index (χ0v) is 10.6. The quantitative estimate of drug-likeness (QED) is 0.829. The van der Waals surface area contributed by atoms with Crippen molar-refractivity contribution in [2.75, 3.05) is 25.5 Å². The first kappa shape index (κ1) is 11.2. The Balaban J connectivity index is 2.00. The third-order valence-corrected chi connectivity index (χ3v) is 3.32. The van der Waals surface area contributed by atoms with Gasteiger partial charge < -0.3 is 10.2 Å². The first-order valence-electron chi connectivity index (χ1n) is 6.30. The molecule has 0 unspecified atom stereocenters. The molecule has 2 aromatic rings. The third-order valence-electron chi connectivity index (χ3n) is 3.32. The third kappa shape index (κ3) is 2.22. The molecule has 0 radical (unpaired) electrons. The molecule has 1 aromatic carbocycles. The van der Waals surface area contributed by atoms with Crippen LogP contribution in [0.25, 0.3) is 11.3 Å². The van der Waals surface area contributed by atoms with E-state index in [1.54, 1.807) is 0 Å². The van der Waals surface area contributed by atoms with Gasteiger partial charge in [-0.15, -0.1) is 0 Å². The molecular formula is C15H17N3. The molecule has 1 aliphatic rings. The van der Waals surface area contributed by atoms with Crippen molar-refractivity contribution in [1.82, 2.24) is 9.88 Å². The Hall–Kier alpha value is -1.87. The fourth-order valence-corrected chi connectivity index (χ4v) is 2.34. The number of benzene rings is 1. The highest BCUT2D eigenvalue weighted by Crippen LogP contribution is 2.26. The molecule has 1 aliphatic heterocycles. The number of nitrogens with one attached hydrogen (secondary N) is 1. The van der Waals surface area contributed by atoms with Gasteiger partial charge in [0.25, 0.3) is 0 Å². The number of hydrogen-bond acceptors (Lipinski definition) is 3. The summed E-state index contributed by atoms with van der Waals surface area (Å²) in [5.74, 6) is 0. The van der Waals surface area contributed by atoms with E-state index < -0.39 is 0 Å². The van der Waals surface area contributed by atoms with E-state index in [9.17, 15) is 0 Å². The summed E-state index contributed by atoms with van der Waals surface area (Å²) >= 11 is 0. The van der Waals surface area contributed by atoms with E-state index in [1.165, 1.54) is 16.8 Å². The number of anilines is 1. The molecule has 0 saturated heterocycles. The number of hydrogen-bond donors (Lipinski definition) is 1. The highest BCUT2D eigenvalue weighted by molar-refractivity contribution is 5.66. The Kier molecular flexibility index (Phi) is 2.99. The van der Waals surface area contributed by atoms with Crippen molar-refractivity contribution < 1.29 is 0 Å². The molecule has 1 aromatic heterocycles. The second-order valence-electron chi connectivity index (χ2n) is 4.75. The van der Waals surface area contributed by atoms with Gasteiger partial charge in [0.05, 0.1) is 5.69 Å². The Labute approximate surface area is 107 Å². The predicted octanol–water partition coefficient (Wildman–Crippen LogP) is 2.61. The predicted molar refractivity (Wildman–Crippen MR) is 74.5 cm³/mol. The van der Waals surface area contributed by atoms with Crippen molar-refractivity contribution in [3.8, 4) is 11.3 Å². The maximum Gasteiger partial charge on any atom is 0.0702 e. The average Bonchev–Trinajstić information content (AvgIpc) is 2.59. The molecule has 0 spiro atoms. The van der Waals surface area contributed by atoms with Crippen molar-refractivity contribution in [3.63, 3.8) is 0 Å². The van der Waals surface area contributed by atoms with Gasteiger partial charge in [-0.3, -0.25) is 4.98 Å². The van der Waals surface area contributed by atoms with Crippen LogP contribution in [-0.2, 0) is 6.54 Å². The SMILES string of the molecule is CN1CCNc2ccc(-c3ccccn3)cc2C1. The van der Waals surface area contributed by atoms with Gasteiger partial charge in [-0.1, -0.05) is 12.1 Å². The van der Waals surface area contributed by atoms with Gasteiger partial charge >= 0.3 is 0 Å². The fourth-order valence-electron chi connectivity index (χ4n) is 2.34. The lowest BCUT2D eigenvalue weighted by Gasteiger charge is -2.13. The van der Waals surface area contributed by atoms with E-state index in [0.29, 0.717) is 0 Å². The first-order chi connectivity index (χ1) is 8.83. The van der Waals surface area contributed by atoms with Gasteiger partial charge in [0, 0.05) is 37.1 Å². The lowest BCUT2D eigenvalue weighted by molar-refractivity contribution is 0.346. The normalized spacial score (nSPS) is 15.6. The lowest BCUT2D eigenvalue weighted by atomic mass is 10.1. The summed E-state index contributed by atoms with van der Waals surface area (Å²) in [6, 6.07) is 12.6. The van der Waals surface area contributed by atoms with Crippen molar-refractivity contribution in [2.45, 2.75) is 6.54 Å². The smallest absolute Gasteiger partial charge is 0.0702 e. The standard InChI is InChI=1S/C15H17N3/c1-18-9-8-17-15-6-5-12(10-13(15)11-18)14-4-2-3-7-16-14/h2-7,10,17H,8-9,11H2,1H3. The minimum Gasteiger partial charge on any atom is -0.383 e. The van der Waals surface area contributed by atoms with Crippen molar-refractivity contribution >= 4 is 5.69 Å². The molecule has 0 bridgehead atoms. The highest BCUT2D eigenvalue weighted by atomic mass is 15.1. The summed E-state index contributed by atoms with van der Waals surface area (Å²) < 4.78 is 0. The Bertz CT molecular complexity index is 537. The summed E-state index contributed by atoms with van der Waals surface area (Å²) in [5, 5.41) is 3.47. The number of fused-ring (bicyclic) bond motifs is 1. The van der Waals surface area contributed by atoms with Gasteiger partial charge in [0.15, 0.2) is 0 Å². The van der Waals surface area contributed by atoms with Crippen LogP contribution in [0.1, 0.15) is 5.56 Å². The molecule has 92 valence electrons. The molecule has 0 amide bonds. The van der Waals surface area contributed by atoms with Crippen LogP contribution in [-0.4, -0.2) is 30.0 Å². The number of pyridine rings is 1. The van der Waals surface area contributed by atoms with E-state index in [-0.39, 0.29) is 0 Å². The molecule has 0 saturated carbocycles. The Morgan fingerprint density at radius 1 is 1.22 bits per heavy atom. The van der Waals surface area contributed by atoms with Gasteiger partial charge in [-0.05, 0) is 36.9 Å². The second kappa shape index (κ2) is 4.78. The minimum atomic E-state index is 0.989. The maximum atomic E-state index is 4.41. The Morgan fingerprint density at radius 2 is 2.17 bits per heavy atom. The second-order valence-corrected chi connectivity index (χ2v) is 4.75. The van der Waals surface area contributed by atoms with Gasteiger partial charge in [-0.25, -0.2) is 0 Å². The average molecular weight is 239 g/mol. The van der Waals surface area contributed by atoms with E-state index in [1.807, 2.05) is 18.3 Å². The van der Waals surface area contributed by atoms with Crippen LogP contribution in [0, 0.1) is 0 Å². The van der Waals surface area contributed by atoms with E-state index in [4.69, 9.17) is 0 Å². The van der Waals surface area contributed by atoms with Crippen molar-refractivity contribution in [2.24, 2.45) is 0 Å². The summed E-state index contributed by atoms with van der Waals surface area (Å²) in [6.45, 7) is 3.07. The number of nitrogens with zero attached hydrogens (tertiary/aromatic N) is 2.